The van der Waals surface area contributed by atoms with Crippen molar-refractivity contribution in [2.75, 3.05) is 39.3 Å². The highest BCUT2D eigenvalue weighted by atomic mass is 32.2. The van der Waals surface area contributed by atoms with Gasteiger partial charge in [-0.05, 0) is 47.4 Å². The Balaban J connectivity index is 1.53. The third-order valence-electron chi connectivity index (χ3n) is 8.57. The van der Waals surface area contributed by atoms with Crippen LogP contribution in [0.5, 0.6) is 0 Å². The fourth-order valence-electron chi connectivity index (χ4n) is 6.00. The van der Waals surface area contributed by atoms with Crippen LogP contribution >= 0.6 is 0 Å². The van der Waals surface area contributed by atoms with Crippen LogP contribution in [0.2, 0.25) is 0 Å². The molecule has 3 aromatic rings. The van der Waals surface area contributed by atoms with Crippen LogP contribution < -0.4 is 0 Å². The molecular weight excluding hydrogens is 602 g/mol. The van der Waals surface area contributed by atoms with Crippen LogP contribution in [0.15, 0.2) is 83.8 Å². The number of piperazine rings is 1. The van der Waals surface area contributed by atoms with Crippen LogP contribution in [-0.4, -0.2) is 85.6 Å². The van der Waals surface area contributed by atoms with Crippen LogP contribution in [0.25, 0.3) is 0 Å². The molecule has 13 heteroatoms. The van der Waals surface area contributed by atoms with Gasteiger partial charge in [0.15, 0.2) is 9.84 Å². The molecule has 0 aliphatic carbocycles. The zero-order chi connectivity index (χ0) is 31.9. The van der Waals surface area contributed by atoms with E-state index >= 15 is 0 Å². The van der Waals surface area contributed by atoms with E-state index in [1.165, 1.54) is 47.1 Å². The van der Waals surface area contributed by atoms with E-state index in [0.29, 0.717) is 13.1 Å². The van der Waals surface area contributed by atoms with E-state index in [1.54, 1.807) is 4.90 Å². The van der Waals surface area contributed by atoms with Gasteiger partial charge in [-0.15, -0.1) is 0 Å². The highest BCUT2D eigenvalue weighted by Gasteiger charge is 2.57. The van der Waals surface area contributed by atoms with Gasteiger partial charge < -0.3 is 19.8 Å². The van der Waals surface area contributed by atoms with Crippen molar-refractivity contribution in [1.29, 1.82) is 0 Å². The summed E-state index contributed by atoms with van der Waals surface area (Å²) < 4.78 is 83.4. The van der Waals surface area contributed by atoms with Gasteiger partial charge in [-0.2, -0.15) is 13.2 Å². The Morgan fingerprint density at radius 3 is 1.86 bits per heavy atom. The van der Waals surface area contributed by atoms with Crippen molar-refractivity contribution in [3.8, 4) is 0 Å². The molecule has 1 N–H and O–H groups in total. The molecule has 0 radical (unpaired) electrons. The van der Waals surface area contributed by atoms with Gasteiger partial charge in [0.1, 0.15) is 10.6 Å². The molecule has 2 atom stereocenters. The number of halogens is 4. The van der Waals surface area contributed by atoms with E-state index in [9.17, 15) is 40.7 Å². The number of nitrogens with zero attached hydrogens (tertiary/aromatic N) is 3. The smallest absolute Gasteiger partial charge is 0.372 e. The van der Waals surface area contributed by atoms with Crippen molar-refractivity contribution in [2.45, 2.75) is 34.8 Å². The van der Waals surface area contributed by atoms with Gasteiger partial charge in [-0.3, -0.25) is 4.79 Å². The summed E-state index contributed by atoms with van der Waals surface area (Å²) in [7, 11) is -4.33. The van der Waals surface area contributed by atoms with Gasteiger partial charge in [-0.1, -0.05) is 54.6 Å². The van der Waals surface area contributed by atoms with E-state index in [0.717, 1.165) is 48.5 Å². The fourth-order valence-corrected chi connectivity index (χ4v) is 8.07. The molecule has 3 amide bonds. The van der Waals surface area contributed by atoms with Gasteiger partial charge >= 0.3 is 12.2 Å². The number of hydrogen-bond donors (Lipinski definition) is 1. The standard InChI is InChI=1S/C31H31F4N3O5S/c1-22(39)36-17-19-37(20-18-36)28(40)38-16-15-29(21-38,44(42,43)27-13-11-26(32)12-14-27)23-7-9-25(10-8-23)30(41,31(33,34)35)24-5-3-2-4-6-24/h2-14,41H,15-21H2,1H3/t29-,30?/m0/s1. The predicted octanol–water partition coefficient (Wildman–Crippen LogP) is 4.28. The minimum atomic E-state index is -5.10. The van der Waals surface area contributed by atoms with Crippen LogP contribution in [-0.2, 0) is 25.0 Å². The summed E-state index contributed by atoms with van der Waals surface area (Å²) in [5, 5.41) is 11.0. The number of alkyl halides is 3. The monoisotopic (exact) mass is 633 g/mol. The van der Waals surface area contributed by atoms with Crippen molar-refractivity contribution in [2.24, 2.45) is 0 Å². The maximum Gasteiger partial charge on any atom is 0.425 e. The molecule has 2 fully saturated rings. The van der Waals surface area contributed by atoms with E-state index < -0.39 is 49.3 Å². The molecule has 2 aliphatic heterocycles. The molecule has 234 valence electrons. The highest BCUT2D eigenvalue weighted by molar-refractivity contribution is 7.92. The van der Waals surface area contributed by atoms with Crippen molar-refractivity contribution in [1.82, 2.24) is 14.7 Å². The van der Waals surface area contributed by atoms with Crippen molar-refractivity contribution in [3.05, 3.63) is 101 Å². The number of likely N-dealkylation sites (tertiary alicyclic amines) is 1. The third kappa shape index (κ3) is 5.32. The molecule has 3 aromatic carbocycles. The lowest BCUT2D eigenvalue weighted by Crippen LogP contribution is -2.54. The average molecular weight is 634 g/mol. The van der Waals surface area contributed by atoms with Gasteiger partial charge in [-0.25, -0.2) is 17.6 Å². The van der Waals surface area contributed by atoms with Crippen LogP contribution in [0.3, 0.4) is 0 Å². The second kappa shape index (κ2) is 11.5. The van der Waals surface area contributed by atoms with Gasteiger partial charge in [0.25, 0.3) is 0 Å². The number of hydrogen-bond acceptors (Lipinski definition) is 5. The van der Waals surface area contributed by atoms with E-state index in [-0.39, 0.29) is 49.0 Å². The third-order valence-corrected chi connectivity index (χ3v) is 11.1. The average Bonchev–Trinajstić information content (AvgIpc) is 3.48. The Bertz CT molecular complexity index is 1630. The zero-order valence-electron chi connectivity index (χ0n) is 23.8. The van der Waals surface area contributed by atoms with E-state index in [1.807, 2.05) is 0 Å². The van der Waals surface area contributed by atoms with Crippen LogP contribution in [0.4, 0.5) is 22.4 Å². The molecule has 2 saturated heterocycles. The first kappa shape index (κ1) is 31.5. The molecule has 0 spiro atoms. The minimum Gasteiger partial charge on any atom is -0.372 e. The Morgan fingerprint density at radius 2 is 1.32 bits per heavy atom. The van der Waals surface area contributed by atoms with E-state index in [2.05, 4.69) is 0 Å². The summed E-state index contributed by atoms with van der Waals surface area (Å²) in [6.45, 7) is 2.35. The number of rotatable bonds is 5. The number of amides is 3. The molecule has 2 aliphatic rings. The first-order valence-corrected chi connectivity index (χ1v) is 15.4. The Morgan fingerprint density at radius 1 is 0.773 bits per heavy atom. The minimum absolute atomic E-state index is 0.0322. The van der Waals surface area contributed by atoms with Crippen LogP contribution in [0.1, 0.15) is 30.0 Å². The first-order chi connectivity index (χ1) is 20.7. The number of carbonyl (C=O) groups excluding carboxylic acids is 2. The summed E-state index contributed by atoms with van der Waals surface area (Å²) in [5.41, 5.74) is -4.16. The van der Waals surface area contributed by atoms with Crippen molar-refractivity contribution < 1.29 is 40.7 Å². The fraction of sp³-hybridized carbons (Fsp3) is 0.355. The van der Waals surface area contributed by atoms with E-state index in [4.69, 9.17) is 0 Å². The molecule has 0 bridgehead atoms. The number of urea groups is 1. The molecular formula is C31H31F4N3O5S. The summed E-state index contributed by atoms with van der Waals surface area (Å²) in [6.07, 6.45) is -5.18. The Labute approximate surface area is 252 Å². The Hall–Kier alpha value is -3.97. The second-order valence-corrected chi connectivity index (χ2v) is 13.3. The lowest BCUT2D eigenvalue weighted by atomic mass is 9.84. The SMILES string of the molecule is CC(=O)N1CCN(C(=O)N2CC[C@](c3ccc(C(O)(c4ccccc4)C(F)(F)F)cc3)(S(=O)(=O)c3ccc(F)cc3)C2)CC1. The van der Waals surface area contributed by atoms with Gasteiger partial charge in [0.2, 0.25) is 11.5 Å². The zero-order valence-corrected chi connectivity index (χ0v) is 24.6. The summed E-state index contributed by atoms with van der Waals surface area (Å²) in [5.74, 6) is -0.765. The summed E-state index contributed by atoms with van der Waals surface area (Å²) in [6, 6.07) is 14.9. The maximum absolute atomic E-state index is 14.3. The highest BCUT2D eigenvalue weighted by Crippen LogP contribution is 2.47. The quantitative estimate of drug-likeness (QED) is 0.334. The number of aliphatic hydroxyl groups is 1. The number of sulfone groups is 1. The topological polar surface area (TPSA) is 98.2 Å². The van der Waals surface area contributed by atoms with Crippen LogP contribution in [0, 0.1) is 5.82 Å². The molecule has 0 aromatic heterocycles. The predicted molar refractivity (Wildman–Crippen MR) is 153 cm³/mol. The normalized spacial score (nSPS) is 20.8. The molecule has 0 saturated carbocycles. The number of carbonyl (C=O) groups is 2. The summed E-state index contributed by atoms with van der Waals surface area (Å²) >= 11 is 0. The maximum atomic E-state index is 14.3. The first-order valence-electron chi connectivity index (χ1n) is 14.0. The molecule has 2 heterocycles. The van der Waals surface area contributed by atoms with Gasteiger partial charge in [0, 0.05) is 46.2 Å². The van der Waals surface area contributed by atoms with Gasteiger partial charge in [0.05, 0.1) is 4.90 Å². The lowest BCUT2D eigenvalue weighted by Gasteiger charge is -2.37. The van der Waals surface area contributed by atoms with Crippen molar-refractivity contribution in [3.63, 3.8) is 0 Å². The Kier molecular flexibility index (Phi) is 8.23. The number of benzene rings is 3. The lowest BCUT2D eigenvalue weighted by molar-refractivity contribution is -0.248. The summed E-state index contributed by atoms with van der Waals surface area (Å²) in [4.78, 5) is 29.5. The molecule has 8 nitrogen and oxygen atoms in total. The molecule has 5 rings (SSSR count). The van der Waals surface area contributed by atoms with Crippen molar-refractivity contribution >= 4 is 21.8 Å². The molecule has 1 unspecified atom stereocenters. The largest absolute Gasteiger partial charge is 0.425 e. The second-order valence-electron chi connectivity index (χ2n) is 11.1. The molecule has 44 heavy (non-hydrogen) atoms.